The fraction of sp³-hybridized carbons (Fsp3) is 0.692. The van der Waals surface area contributed by atoms with Gasteiger partial charge in [-0.3, -0.25) is 0 Å². The van der Waals surface area contributed by atoms with Gasteiger partial charge < -0.3 is 9.52 Å². The van der Waals surface area contributed by atoms with Gasteiger partial charge in [-0.25, -0.2) is 8.42 Å². The van der Waals surface area contributed by atoms with Crippen LogP contribution in [0.2, 0.25) is 0 Å². The summed E-state index contributed by atoms with van der Waals surface area (Å²) in [5.74, 6) is 0.647. The largest absolute Gasteiger partial charge is 0.462 e. The van der Waals surface area contributed by atoms with Crippen LogP contribution in [0.5, 0.6) is 0 Å². The molecule has 0 aliphatic carbocycles. The second kappa shape index (κ2) is 6.07. The molecule has 0 atom stereocenters. The minimum absolute atomic E-state index is 0.192. The van der Waals surface area contributed by atoms with E-state index in [9.17, 15) is 8.42 Å². The van der Waals surface area contributed by atoms with Gasteiger partial charge in [0.2, 0.25) is 10.0 Å². The van der Waals surface area contributed by atoms with Crippen LogP contribution < -0.4 is 0 Å². The second-order valence-corrected chi connectivity index (χ2v) is 6.87. The summed E-state index contributed by atoms with van der Waals surface area (Å²) in [5.41, 5.74) is 0. The second-order valence-electron chi connectivity index (χ2n) is 4.96. The molecule has 6 heteroatoms. The molecule has 2 rings (SSSR count). The van der Waals surface area contributed by atoms with Crippen molar-refractivity contribution in [1.82, 2.24) is 4.31 Å². The number of aliphatic hydroxyl groups is 1. The molecule has 1 N–H and O–H groups in total. The summed E-state index contributed by atoms with van der Waals surface area (Å²) < 4.78 is 32.0. The van der Waals surface area contributed by atoms with Crippen molar-refractivity contribution in [3.63, 3.8) is 0 Å². The first kappa shape index (κ1) is 14.6. The number of aliphatic hydroxyl groups excluding tert-OH is 1. The predicted octanol–water partition coefficient (Wildman–Crippen LogP) is 2.04. The lowest BCUT2D eigenvalue weighted by Crippen LogP contribution is -2.34. The average molecular weight is 287 g/mol. The van der Waals surface area contributed by atoms with Crippen LogP contribution in [0.4, 0.5) is 0 Å². The van der Waals surface area contributed by atoms with Crippen LogP contribution >= 0.6 is 0 Å². The van der Waals surface area contributed by atoms with Crippen molar-refractivity contribution in [1.29, 1.82) is 0 Å². The monoisotopic (exact) mass is 287 g/mol. The maximum Gasteiger partial charge on any atom is 0.246 e. The number of nitrogens with zero attached hydrogens (tertiary/aromatic N) is 1. The molecule has 2 heterocycles. The number of aryl methyl sites for hydroxylation is 1. The molecule has 0 aromatic carbocycles. The molecular weight excluding hydrogens is 266 g/mol. The van der Waals surface area contributed by atoms with Crippen molar-refractivity contribution in [3.8, 4) is 0 Å². The molecule has 1 saturated heterocycles. The molecule has 108 valence electrons. The van der Waals surface area contributed by atoms with Crippen LogP contribution in [0.15, 0.2) is 15.4 Å². The highest BCUT2D eigenvalue weighted by Crippen LogP contribution is 2.25. The SMILES string of the molecule is Cc1oc(CO)cc1S(=O)(=O)N1CCCCCCC1. The van der Waals surface area contributed by atoms with E-state index >= 15 is 0 Å². The lowest BCUT2D eigenvalue weighted by atomic mass is 10.1. The summed E-state index contributed by atoms with van der Waals surface area (Å²) in [5, 5.41) is 9.03. The van der Waals surface area contributed by atoms with Crippen LogP contribution in [0.3, 0.4) is 0 Å². The number of rotatable bonds is 3. The third-order valence-electron chi connectivity index (χ3n) is 3.51. The Balaban J connectivity index is 2.26. The van der Waals surface area contributed by atoms with Crippen LogP contribution in [-0.4, -0.2) is 30.9 Å². The smallest absolute Gasteiger partial charge is 0.246 e. The predicted molar refractivity (Wildman–Crippen MR) is 71.2 cm³/mol. The van der Waals surface area contributed by atoms with Crippen LogP contribution in [-0.2, 0) is 16.6 Å². The molecule has 0 spiro atoms. The highest BCUT2D eigenvalue weighted by Gasteiger charge is 2.28. The summed E-state index contributed by atoms with van der Waals surface area (Å²) in [6.07, 6.45) is 5.16. The zero-order valence-electron chi connectivity index (χ0n) is 11.3. The van der Waals surface area contributed by atoms with E-state index in [1.807, 2.05) is 0 Å². The molecule has 19 heavy (non-hydrogen) atoms. The zero-order valence-corrected chi connectivity index (χ0v) is 12.1. The fourth-order valence-electron chi connectivity index (χ4n) is 2.46. The van der Waals surface area contributed by atoms with Crippen LogP contribution in [0.1, 0.15) is 43.6 Å². The molecule has 1 aliphatic rings. The van der Waals surface area contributed by atoms with E-state index in [-0.39, 0.29) is 11.5 Å². The first-order valence-corrected chi connectivity index (χ1v) is 8.20. The first-order chi connectivity index (χ1) is 9.05. The Morgan fingerprint density at radius 2 is 1.79 bits per heavy atom. The van der Waals surface area contributed by atoms with E-state index < -0.39 is 10.0 Å². The third kappa shape index (κ3) is 3.19. The molecule has 0 amide bonds. The first-order valence-electron chi connectivity index (χ1n) is 6.76. The summed E-state index contributed by atoms with van der Waals surface area (Å²) in [4.78, 5) is 0.192. The lowest BCUT2D eigenvalue weighted by molar-refractivity contribution is 0.244. The molecule has 0 bridgehead atoms. The Hall–Kier alpha value is -0.850. The third-order valence-corrected chi connectivity index (χ3v) is 5.52. The van der Waals surface area contributed by atoms with Gasteiger partial charge in [0.1, 0.15) is 23.0 Å². The van der Waals surface area contributed by atoms with E-state index in [0.29, 0.717) is 24.6 Å². The average Bonchev–Trinajstić information content (AvgIpc) is 2.70. The van der Waals surface area contributed by atoms with Crippen LogP contribution in [0, 0.1) is 6.92 Å². The van der Waals surface area contributed by atoms with Gasteiger partial charge in [0.05, 0.1) is 0 Å². The normalized spacial score (nSPS) is 19.1. The van der Waals surface area contributed by atoms with Crippen molar-refractivity contribution in [3.05, 3.63) is 17.6 Å². The molecule has 0 unspecified atom stereocenters. The molecule has 1 fully saturated rings. The van der Waals surface area contributed by atoms with Crippen LogP contribution in [0.25, 0.3) is 0 Å². The van der Waals surface area contributed by atoms with Gasteiger partial charge in [-0.15, -0.1) is 0 Å². The van der Waals surface area contributed by atoms with Crippen molar-refractivity contribution in [2.45, 2.75) is 50.5 Å². The van der Waals surface area contributed by atoms with Gasteiger partial charge >= 0.3 is 0 Å². The molecular formula is C13H21NO4S. The highest BCUT2D eigenvalue weighted by molar-refractivity contribution is 7.89. The van der Waals surface area contributed by atoms with Crippen molar-refractivity contribution < 1.29 is 17.9 Å². The standard InChI is InChI=1S/C13H21NO4S/c1-11-13(9-12(10-15)18-11)19(16,17)14-7-5-3-2-4-6-8-14/h9,15H,2-8,10H2,1H3. The van der Waals surface area contributed by atoms with Gasteiger partial charge in [-0.2, -0.15) is 4.31 Å². The summed E-state index contributed by atoms with van der Waals surface area (Å²) >= 11 is 0. The lowest BCUT2D eigenvalue weighted by Gasteiger charge is -2.23. The zero-order chi connectivity index (χ0) is 13.9. The maximum absolute atomic E-state index is 12.6. The van der Waals surface area contributed by atoms with E-state index in [1.165, 1.54) is 12.5 Å². The van der Waals surface area contributed by atoms with Gasteiger partial charge in [0.15, 0.2) is 0 Å². The quantitative estimate of drug-likeness (QED) is 0.923. The van der Waals surface area contributed by atoms with E-state index in [1.54, 1.807) is 11.2 Å². The maximum atomic E-state index is 12.6. The minimum atomic E-state index is -3.49. The Labute approximate surface area is 114 Å². The van der Waals surface area contributed by atoms with Gasteiger partial charge in [-0.05, 0) is 19.8 Å². The highest BCUT2D eigenvalue weighted by atomic mass is 32.2. The molecule has 1 aromatic heterocycles. The van der Waals surface area contributed by atoms with E-state index in [2.05, 4.69) is 0 Å². The minimum Gasteiger partial charge on any atom is -0.462 e. The number of sulfonamides is 1. The Kier molecular flexibility index (Phi) is 4.65. The molecule has 0 saturated carbocycles. The molecule has 5 nitrogen and oxygen atoms in total. The number of hydrogen-bond acceptors (Lipinski definition) is 4. The van der Waals surface area contributed by atoms with Crippen molar-refractivity contribution in [2.24, 2.45) is 0 Å². The van der Waals surface area contributed by atoms with Crippen molar-refractivity contribution in [2.75, 3.05) is 13.1 Å². The van der Waals surface area contributed by atoms with E-state index in [0.717, 1.165) is 25.7 Å². The topological polar surface area (TPSA) is 70.8 Å². The van der Waals surface area contributed by atoms with Gasteiger partial charge in [0, 0.05) is 19.2 Å². The Morgan fingerprint density at radius 3 is 2.32 bits per heavy atom. The molecule has 1 aliphatic heterocycles. The fourth-order valence-corrected chi connectivity index (χ4v) is 4.16. The molecule has 0 radical (unpaired) electrons. The van der Waals surface area contributed by atoms with Gasteiger partial charge in [0.25, 0.3) is 0 Å². The van der Waals surface area contributed by atoms with Crippen molar-refractivity contribution >= 4 is 10.0 Å². The summed E-state index contributed by atoms with van der Waals surface area (Å²) in [6.45, 7) is 2.48. The summed E-state index contributed by atoms with van der Waals surface area (Å²) in [7, 11) is -3.49. The Morgan fingerprint density at radius 1 is 1.21 bits per heavy atom. The number of furan rings is 1. The number of hydrogen-bond donors (Lipinski definition) is 1. The Bertz CT molecular complexity index is 513. The summed E-state index contributed by atoms with van der Waals surface area (Å²) in [6, 6.07) is 1.43. The molecule has 1 aromatic rings. The van der Waals surface area contributed by atoms with Gasteiger partial charge in [-0.1, -0.05) is 19.3 Å². The van der Waals surface area contributed by atoms with E-state index in [4.69, 9.17) is 9.52 Å².